The summed E-state index contributed by atoms with van der Waals surface area (Å²) in [7, 11) is 0. The number of aromatic amines is 1. The highest BCUT2D eigenvalue weighted by atomic mass is 15.1. The van der Waals surface area contributed by atoms with Crippen molar-refractivity contribution in [1.82, 2.24) is 10.2 Å². The second kappa shape index (κ2) is 5.10. The van der Waals surface area contributed by atoms with Crippen LogP contribution < -0.4 is 5.32 Å². The number of H-pyrrole nitrogens is 1. The normalized spacial score (nSPS) is 19.2. The van der Waals surface area contributed by atoms with Gasteiger partial charge in [-0.05, 0) is 67.1 Å². The number of anilines is 1. The fourth-order valence-corrected chi connectivity index (χ4v) is 3.83. The summed E-state index contributed by atoms with van der Waals surface area (Å²) in [6.45, 7) is 0. The monoisotopic (exact) mass is 314 g/mol. The Hall–Kier alpha value is -2.80. The number of rotatable bonds is 3. The first kappa shape index (κ1) is 13.6. The van der Waals surface area contributed by atoms with Crippen LogP contribution in [0.2, 0.25) is 0 Å². The van der Waals surface area contributed by atoms with Crippen LogP contribution in [0.4, 0.5) is 5.69 Å². The van der Waals surface area contributed by atoms with Crippen LogP contribution in [0.5, 0.6) is 0 Å². The van der Waals surface area contributed by atoms with Crippen molar-refractivity contribution in [1.29, 1.82) is 5.26 Å². The van der Waals surface area contributed by atoms with E-state index in [1.807, 2.05) is 12.1 Å². The molecule has 118 valence electrons. The topological polar surface area (TPSA) is 64.5 Å². The molecule has 1 heterocycles. The number of benzene rings is 2. The molecule has 0 spiro atoms. The van der Waals surface area contributed by atoms with Crippen molar-refractivity contribution in [3.8, 4) is 6.07 Å². The lowest BCUT2D eigenvalue weighted by molar-refractivity contribution is 0.762. The van der Waals surface area contributed by atoms with E-state index in [0.717, 1.165) is 29.6 Å². The molecular formula is C20H18N4. The first-order valence-electron chi connectivity index (χ1n) is 8.59. The van der Waals surface area contributed by atoms with Gasteiger partial charge < -0.3 is 5.32 Å². The van der Waals surface area contributed by atoms with Gasteiger partial charge in [0.1, 0.15) is 0 Å². The molecule has 0 bridgehead atoms. The van der Waals surface area contributed by atoms with Gasteiger partial charge in [-0.1, -0.05) is 6.07 Å². The van der Waals surface area contributed by atoms with E-state index in [4.69, 9.17) is 5.26 Å². The average Bonchev–Trinajstić information content (AvgIpc) is 3.25. The SMILES string of the molecule is N#Cc1ccc2c(c1)CC[C@@H]2Nc1ccc2[nH]nc(C3CC3)c2c1. The maximum absolute atomic E-state index is 9.05. The summed E-state index contributed by atoms with van der Waals surface area (Å²) in [5, 5.41) is 21.6. The zero-order chi connectivity index (χ0) is 16.1. The quantitative estimate of drug-likeness (QED) is 0.752. The summed E-state index contributed by atoms with van der Waals surface area (Å²) in [5.41, 5.74) is 6.86. The number of nitrogens with zero attached hydrogens (tertiary/aromatic N) is 2. The van der Waals surface area contributed by atoms with Crippen molar-refractivity contribution in [2.45, 2.75) is 37.6 Å². The second-order valence-corrected chi connectivity index (χ2v) is 6.90. The van der Waals surface area contributed by atoms with Gasteiger partial charge in [0.2, 0.25) is 0 Å². The smallest absolute Gasteiger partial charge is 0.0991 e. The Balaban J connectivity index is 1.46. The van der Waals surface area contributed by atoms with Gasteiger partial charge in [-0.2, -0.15) is 10.4 Å². The standard InChI is InChI=1S/C20H18N4/c21-11-12-1-6-16-14(9-12)4-7-18(16)22-15-5-8-19-17(10-15)20(24-23-19)13-2-3-13/h1,5-6,8-10,13,18,22H,2-4,7H2,(H,23,24)/t18-/m0/s1. The Kier molecular flexibility index (Phi) is 2.90. The van der Waals surface area contributed by atoms with E-state index >= 15 is 0 Å². The summed E-state index contributed by atoms with van der Waals surface area (Å²) in [4.78, 5) is 0. The molecule has 1 aromatic heterocycles. The molecule has 1 fully saturated rings. The van der Waals surface area contributed by atoms with Crippen LogP contribution >= 0.6 is 0 Å². The zero-order valence-electron chi connectivity index (χ0n) is 13.3. The van der Waals surface area contributed by atoms with Crippen LogP contribution in [0.25, 0.3) is 10.9 Å². The summed E-state index contributed by atoms with van der Waals surface area (Å²) in [6, 6.07) is 15.1. The van der Waals surface area contributed by atoms with E-state index in [2.05, 4.69) is 45.8 Å². The van der Waals surface area contributed by atoms with Crippen LogP contribution in [0.1, 0.15) is 53.6 Å². The van der Waals surface area contributed by atoms with E-state index < -0.39 is 0 Å². The van der Waals surface area contributed by atoms with Gasteiger partial charge >= 0.3 is 0 Å². The number of hydrogen-bond donors (Lipinski definition) is 2. The summed E-state index contributed by atoms with van der Waals surface area (Å²) in [5.74, 6) is 0.644. The third kappa shape index (κ3) is 2.16. The van der Waals surface area contributed by atoms with Crippen LogP contribution in [0.15, 0.2) is 36.4 Å². The number of nitrogens with one attached hydrogen (secondary N) is 2. The first-order chi connectivity index (χ1) is 11.8. The molecule has 0 radical (unpaired) electrons. The van der Waals surface area contributed by atoms with Gasteiger partial charge in [-0.3, -0.25) is 5.10 Å². The molecule has 2 aliphatic carbocycles. The van der Waals surface area contributed by atoms with E-state index in [-0.39, 0.29) is 0 Å². The summed E-state index contributed by atoms with van der Waals surface area (Å²) >= 11 is 0. The van der Waals surface area contributed by atoms with Crippen molar-refractivity contribution < 1.29 is 0 Å². The largest absolute Gasteiger partial charge is 0.378 e. The maximum atomic E-state index is 9.05. The van der Waals surface area contributed by atoms with Gasteiger partial charge in [-0.25, -0.2) is 0 Å². The second-order valence-electron chi connectivity index (χ2n) is 6.90. The van der Waals surface area contributed by atoms with Crippen LogP contribution in [-0.2, 0) is 6.42 Å². The van der Waals surface area contributed by atoms with Gasteiger partial charge in [0.25, 0.3) is 0 Å². The Bertz CT molecular complexity index is 975. The van der Waals surface area contributed by atoms with Gasteiger partial charge in [0.15, 0.2) is 0 Å². The molecule has 0 saturated heterocycles. The van der Waals surface area contributed by atoms with Crippen LogP contribution in [0.3, 0.4) is 0 Å². The van der Waals surface area contributed by atoms with Crippen molar-refractivity contribution in [2.24, 2.45) is 0 Å². The van der Waals surface area contributed by atoms with E-state index in [1.165, 1.54) is 35.0 Å². The Labute approximate surface area is 140 Å². The minimum Gasteiger partial charge on any atom is -0.378 e. The first-order valence-corrected chi connectivity index (χ1v) is 8.59. The molecule has 0 unspecified atom stereocenters. The Morgan fingerprint density at radius 2 is 2.04 bits per heavy atom. The molecule has 0 aliphatic heterocycles. The summed E-state index contributed by atoms with van der Waals surface area (Å²) < 4.78 is 0. The van der Waals surface area contributed by atoms with Crippen molar-refractivity contribution in [3.63, 3.8) is 0 Å². The minimum atomic E-state index is 0.321. The van der Waals surface area contributed by atoms with Gasteiger partial charge in [0.05, 0.1) is 28.9 Å². The number of aryl methyl sites for hydroxylation is 1. The molecular weight excluding hydrogens is 296 g/mol. The Morgan fingerprint density at radius 3 is 2.88 bits per heavy atom. The highest BCUT2D eigenvalue weighted by Crippen LogP contribution is 2.42. The maximum Gasteiger partial charge on any atom is 0.0991 e. The van der Waals surface area contributed by atoms with E-state index in [9.17, 15) is 0 Å². The molecule has 2 aliphatic rings. The molecule has 0 amide bonds. The predicted molar refractivity (Wildman–Crippen MR) is 93.9 cm³/mol. The fourth-order valence-electron chi connectivity index (χ4n) is 3.83. The van der Waals surface area contributed by atoms with Crippen LogP contribution in [-0.4, -0.2) is 10.2 Å². The molecule has 2 N–H and O–H groups in total. The third-order valence-corrected chi connectivity index (χ3v) is 5.25. The molecule has 4 nitrogen and oxygen atoms in total. The molecule has 24 heavy (non-hydrogen) atoms. The predicted octanol–water partition coefficient (Wildman–Crippen LogP) is 4.41. The number of nitriles is 1. The lowest BCUT2D eigenvalue weighted by atomic mass is 10.0. The Morgan fingerprint density at radius 1 is 1.12 bits per heavy atom. The van der Waals surface area contributed by atoms with Crippen molar-refractivity contribution in [2.75, 3.05) is 5.32 Å². The lowest BCUT2D eigenvalue weighted by Gasteiger charge is -2.16. The minimum absolute atomic E-state index is 0.321. The molecule has 3 aromatic rings. The van der Waals surface area contributed by atoms with Crippen LogP contribution in [0, 0.1) is 11.3 Å². The third-order valence-electron chi connectivity index (χ3n) is 5.25. The number of hydrogen-bond acceptors (Lipinski definition) is 3. The zero-order valence-corrected chi connectivity index (χ0v) is 13.3. The molecule has 1 saturated carbocycles. The number of fused-ring (bicyclic) bond motifs is 2. The molecule has 2 aromatic carbocycles. The fraction of sp³-hybridized carbons (Fsp3) is 0.300. The lowest BCUT2D eigenvalue weighted by Crippen LogP contribution is -2.07. The summed E-state index contributed by atoms with van der Waals surface area (Å²) in [6.07, 6.45) is 4.62. The average molecular weight is 314 g/mol. The van der Waals surface area contributed by atoms with Crippen molar-refractivity contribution >= 4 is 16.6 Å². The molecule has 1 atom stereocenters. The van der Waals surface area contributed by atoms with E-state index in [1.54, 1.807) is 0 Å². The highest BCUT2D eigenvalue weighted by Gasteiger charge is 2.28. The van der Waals surface area contributed by atoms with Crippen molar-refractivity contribution in [3.05, 3.63) is 58.8 Å². The molecule has 4 heteroatoms. The van der Waals surface area contributed by atoms with Gasteiger partial charge in [0, 0.05) is 17.0 Å². The molecule has 5 rings (SSSR count). The highest BCUT2D eigenvalue weighted by molar-refractivity contribution is 5.85. The van der Waals surface area contributed by atoms with Gasteiger partial charge in [-0.15, -0.1) is 0 Å². The number of aromatic nitrogens is 2. The van der Waals surface area contributed by atoms with E-state index in [0.29, 0.717) is 12.0 Å².